The molecule has 0 unspecified atom stereocenters. The van der Waals surface area contributed by atoms with Crippen LogP contribution in [0.2, 0.25) is 0 Å². The van der Waals surface area contributed by atoms with E-state index in [0.29, 0.717) is 5.69 Å². The van der Waals surface area contributed by atoms with Gasteiger partial charge in [0, 0.05) is 6.20 Å². The molecule has 0 aliphatic rings. The van der Waals surface area contributed by atoms with Gasteiger partial charge in [-0.1, -0.05) is 0 Å². The number of carbonyl (C=O) groups is 2. The number of anilines is 1. The van der Waals surface area contributed by atoms with E-state index in [-0.39, 0.29) is 6.61 Å². The molecule has 0 saturated carbocycles. The van der Waals surface area contributed by atoms with Crippen LogP contribution in [-0.2, 0) is 14.3 Å². The summed E-state index contributed by atoms with van der Waals surface area (Å²) in [5.74, 6) is -1.68. The van der Waals surface area contributed by atoms with Crippen molar-refractivity contribution in [3.63, 3.8) is 0 Å². The van der Waals surface area contributed by atoms with E-state index in [4.69, 9.17) is 0 Å². The zero-order chi connectivity index (χ0) is 10.4. The van der Waals surface area contributed by atoms with Crippen molar-refractivity contribution in [1.82, 2.24) is 4.98 Å². The third-order valence-electron chi connectivity index (χ3n) is 1.38. The number of carbonyl (C=O) groups excluding carboxylic acids is 2. The van der Waals surface area contributed by atoms with Gasteiger partial charge < -0.3 is 10.1 Å². The van der Waals surface area contributed by atoms with E-state index in [0.717, 1.165) is 0 Å². The minimum Gasteiger partial charge on any atom is -0.459 e. The Morgan fingerprint density at radius 2 is 2.36 bits per heavy atom. The van der Waals surface area contributed by atoms with Gasteiger partial charge in [-0.05, 0) is 19.1 Å². The predicted molar refractivity (Wildman–Crippen MR) is 49.5 cm³/mol. The Morgan fingerprint density at radius 1 is 1.57 bits per heavy atom. The molecule has 14 heavy (non-hydrogen) atoms. The molecule has 0 aromatic carbocycles. The summed E-state index contributed by atoms with van der Waals surface area (Å²) in [6.07, 6.45) is 3.01. The van der Waals surface area contributed by atoms with Gasteiger partial charge in [0.25, 0.3) is 0 Å². The molecule has 1 N–H and O–H groups in total. The van der Waals surface area contributed by atoms with E-state index >= 15 is 0 Å². The summed E-state index contributed by atoms with van der Waals surface area (Å²) in [6, 6.07) is 3.28. The largest absolute Gasteiger partial charge is 0.459 e. The van der Waals surface area contributed by atoms with Crippen LogP contribution < -0.4 is 5.32 Å². The topological polar surface area (TPSA) is 68.3 Å². The molecule has 5 heteroatoms. The lowest BCUT2D eigenvalue weighted by atomic mass is 10.4. The Labute approximate surface area is 81.1 Å². The van der Waals surface area contributed by atoms with Crippen molar-refractivity contribution < 1.29 is 14.3 Å². The van der Waals surface area contributed by atoms with E-state index in [2.05, 4.69) is 15.0 Å². The molecular weight excluding hydrogens is 184 g/mol. The summed E-state index contributed by atoms with van der Waals surface area (Å²) < 4.78 is 4.50. The number of hydrogen-bond donors (Lipinski definition) is 1. The maximum absolute atomic E-state index is 11.1. The maximum Gasteiger partial charge on any atom is 0.397 e. The quantitative estimate of drug-likeness (QED) is 0.552. The molecule has 1 amide bonds. The fourth-order valence-corrected chi connectivity index (χ4v) is 0.815. The molecule has 0 atom stereocenters. The molecule has 5 nitrogen and oxygen atoms in total. The van der Waals surface area contributed by atoms with Crippen molar-refractivity contribution in [1.29, 1.82) is 0 Å². The summed E-state index contributed by atoms with van der Waals surface area (Å²) in [4.78, 5) is 25.8. The van der Waals surface area contributed by atoms with Crippen LogP contribution in [0.1, 0.15) is 6.92 Å². The molecule has 0 spiro atoms. The molecule has 0 aliphatic carbocycles. The second-order valence-corrected chi connectivity index (χ2v) is 2.42. The zero-order valence-electron chi connectivity index (χ0n) is 7.69. The normalized spacial score (nSPS) is 9.21. The average Bonchev–Trinajstić information content (AvgIpc) is 2.19. The Kier molecular flexibility index (Phi) is 3.60. The zero-order valence-corrected chi connectivity index (χ0v) is 7.69. The van der Waals surface area contributed by atoms with E-state index in [1.54, 1.807) is 25.3 Å². The number of rotatable bonds is 2. The molecule has 0 radical (unpaired) electrons. The number of amides is 1. The number of hydrogen-bond acceptors (Lipinski definition) is 4. The molecule has 1 aromatic heterocycles. The minimum absolute atomic E-state index is 0.180. The van der Waals surface area contributed by atoms with E-state index < -0.39 is 11.9 Å². The van der Waals surface area contributed by atoms with Crippen molar-refractivity contribution in [3.05, 3.63) is 24.5 Å². The summed E-state index contributed by atoms with van der Waals surface area (Å²) in [6.45, 7) is 1.81. The van der Waals surface area contributed by atoms with Gasteiger partial charge in [0.05, 0.1) is 18.5 Å². The molecule has 0 aliphatic heterocycles. The monoisotopic (exact) mass is 194 g/mol. The number of nitrogens with one attached hydrogen (secondary N) is 1. The summed E-state index contributed by atoms with van der Waals surface area (Å²) in [5.41, 5.74) is 0.463. The third kappa shape index (κ3) is 2.85. The van der Waals surface area contributed by atoms with Crippen LogP contribution >= 0.6 is 0 Å². The van der Waals surface area contributed by atoms with Gasteiger partial charge in [0.1, 0.15) is 0 Å². The standard InChI is InChI=1S/C9H10N2O3/c1-2-14-9(13)8(12)11-7-4-3-5-10-6-7/h3-6H,2H2,1H3,(H,11,12). The predicted octanol–water partition coefficient (Wildman–Crippen LogP) is 0.583. The highest BCUT2D eigenvalue weighted by molar-refractivity contribution is 6.37. The fourth-order valence-electron chi connectivity index (χ4n) is 0.815. The molecule has 1 aromatic rings. The Morgan fingerprint density at radius 3 is 2.93 bits per heavy atom. The van der Waals surface area contributed by atoms with Crippen LogP contribution in [0.5, 0.6) is 0 Å². The minimum atomic E-state index is -0.892. The third-order valence-corrected chi connectivity index (χ3v) is 1.38. The van der Waals surface area contributed by atoms with Crippen molar-refractivity contribution in [2.75, 3.05) is 11.9 Å². The van der Waals surface area contributed by atoms with Crippen LogP contribution in [-0.4, -0.2) is 23.5 Å². The fraction of sp³-hybridized carbons (Fsp3) is 0.222. The lowest BCUT2D eigenvalue weighted by molar-refractivity contribution is -0.152. The molecule has 0 bridgehead atoms. The van der Waals surface area contributed by atoms with Gasteiger partial charge in [-0.25, -0.2) is 4.79 Å². The SMILES string of the molecule is CCOC(=O)C(=O)Nc1cccnc1. The van der Waals surface area contributed by atoms with Crippen molar-refractivity contribution >= 4 is 17.6 Å². The molecular formula is C9H10N2O3. The van der Waals surface area contributed by atoms with E-state index in [9.17, 15) is 9.59 Å². The number of nitrogens with zero attached hydrogens (tertiary/aromatic N) is 1. The highest BCUT2D eigenvalue weighted by Crippen LogP contribution is 2.02. The van der Waals surface area contributed by atoms with Gasteiger partial charge in [-0.2, -0.15) is 0 Å². The molecule has 1 heterocycles. The first-order chi connectivity index (χ1) is 6.74. The second kappa shape index (κ2) is 4.96. The van der Waals surface area contributed by atoms with Gasteiger partial charge in [0.2, 0.25) is 0 Å². The lowest BCUT2D eigenvalue weighted by Gasteiger charge is -2.02. The van der Waals surface area contributed by atoms with Crippen molar-refractivity contribution in [2.24, 2.45) is 0 Å². The number of ether oxygens (including phenoxy) is 1. The Bertz CT molecular complexity index is 324. The smallest absolute Gasteiger partial charge is 0.397 e. The Hall–Kier alpha value is -1.91. The van der Waals surface area contributed by atoms with E-state index in [1.807, 2.05) is 0 Å². The second-order valence-electron chi connectivity index (χ2n) is 2.42. The summed E-state index contributed by atoms with van der Waals surface area (Å²) in [5, 5.41) is 2.35. The summed E-state index contributed by atoms with van der Waals surface area (Å²) in [7, 11) is 0. The first kappa shape index (κ1) is 10.2. The van der Waals surface area contributed by atoms with Gasteiger partial charge in [-0.3, -0.25) is 9.78 Å². The van der Waals surface area contributed by atoms with E-state index in [1.165, 1.54) is 6.20 Å². The van der Waals surface area contributed by atoms with Crippen LogP contribution in [0.3, 0.4) is 0 Å². The average molecular weight is 194 g/mol. The van der Waals surface area contributed by atoms with Gasteiger partial charge in [0.15, 0.2) is 0 Å². The van der Waals surface area contributed by atoms with Crippen LogP contribution in [0.15, 0.2) is 24.5 Å². The van der Waals surface area contributed by atoms with Gasteiger partial charge >= 0.3 is 11.9 Å². The molecule has 0 fully saturated rings. The molecule has 74 valence electrons. The molecule has 1 rings (SSSR count). The Balaban J connectivity index is 2.53. The number of pyridine rings is 1. The first-order valence-corrected chi connectivity index (χ1v) is 4.12. The highest BCUT2D eigenvalue weighted by Gasteiger charge is 2.14. The van der Waals surface area contributed by atoms with Crippen molar-refractivity contribution in [2.45, 2.75) is 6.92 Å². The first-order valence-electron chi connectivity index (χ1n) is 4.12. The van der Waals surface area contributed by atoms with Crippen LogP contribution in [0, 0.1) is 0 Å². The van der Waals surface area contributed by atoms with Crippen molar-refractivity contribution in [3.8, 4) is 0 Å². The number of esters is 1. The summed E-state index contributed by atoms with van der Waals surface area (Å²) >= 11 is 0. The highest BCUT2D eigenvalue weighted by atomic mass is 16.5. The number of aromatic nitrogens is 1. The molecule has 0 saturated heterocycles. The van der Waals surface area contributed by atoms with Crippen LogP contribution in [0.25, 0.3) is 0 Å². The maximum atomic E-state index is 11.1. The van der Waals surface area contributed by atoms with Crippen LogP contribution in [0.4, 0.5) is 5.69 Å². The lowest BCUT2D eigenvalue weighted by Crippen LogP contribution is -2.24. The van der Waals surface area contributed by atoms with Gasteiger partial charge in [-0.15, -0.1) is 0 Å².